The molecule has 0 amide bonds. The summed E-state index contributed by atoms with van der Waals surface area (Å²) in [6, 6.07) is 5.61. The summed E-state index contributed by atoms with van der Waals surface area (Å²) in [5, 5.41) is 0. The van der Waals surface area contributed by atoms with E-state index in [2.05, 4.69) is 9.97 Å². The molecule has 0 spiro atoms. The molecule has 0 bridgehead atoms. The molecule has 1 aromatic heterocycles. The Morgan fingerprint density at radius 2 is 2.04 bits per heavy atom. The van der Waals surface area contributed by atoms with Gasteiger partial charge in [0.05, 0.1) is 29.4 Å². The van der Waals surface area contributed by atoms with Crippen molar-refractivity contribution >= 4 is 17.6 Å². The van der Waals surface area contributed by atoms with Crippen molar-refractivity contribution in [3.8, 4) is 11.3 Å². The topological polar surface area (TPSA) is 85.9 Å². The summed E-state index contributed by atoms with van der Waals surface area (Å²) in [5.74, 6) is 0.154. The van der Waals surface area contributed by atoms with Crippen molar-refractivity contribution in [1.82, 2.24) is 9.97 Å². The van der Waals surface area contributed by atoms with Gasteiger partial charge in [-0.2, -0.15) is 0 Å². The molecule has 0 fully saturated rings. The first-order valence-corrected chi connectivity index (χ1v) is 7.44. The van der Waals surface area contributed by atoms with Crippen molar-refractivity contribution < 1.29 is 9.59 Å². The van der Waals surface area contributed by atoms with Crippen LogP contribution >= 0.6 is 0 Å². The maximum Gasteiger partial charge on any atom is 0.163 e. The molecule has 0 aliphatic heterocycles. The smallest absolute Gasteiger partial charge is 0.163 e. The number of rotatable bonds is 6. The summed E-state index contributed by atoms with van der Waals surface area (Å²) in [7, 11) is 0. The SMILES string of the molecule is CCCC(=O)c1ccc(-c2cnc(/C(C=O)=C\N)cn2)cc1C. The lowest BCUT2D eigenvalue weighted by atomic mass is 9.98. The van der Waals surface area contributed by atoms with Crippen LogP contribution in [0.25, 0.3) is 16.8 Å². The average molecular weight is 309 g/mol. The van der Waals surface area contributed by atoms with E-state index in [1.807, 2.05) is 32.0 Å². The maximum absolute atomic E-state index is 12.0. The van der Waals surface area contributed by atoms with E-state index in [0.717, 1.165) is 23.1 Å². The van der Waals surface area contributed by atoms with Crippen LogP contribution < -0.4 is 5.73 Å². The lowest BCUT2D eigenvalue weighted by Crippen LogP contribution is -2.01. The number of carbonyl (C=O) groups is 2. The first-order valence-electron chi connectivity index (χ1n) is 7.44. The van der Waals surface area contributed by atoms with Gasteiger partial charge in [0.25, 0.3) is 0 Å². The van der Waals surface area contributed by atoms with E-state index in [1.165, 1.54) is 12.4 Å². The molecule has 1 heterocycles. The summed E-state index contributed by atoms with van der Waals surface area (Å²) in [4.78, 5) is 31.4. The van der Waals surface area contributed by atoms with Crippen LogP contribution in [0.3, 0.4) is 0 Å². The molecule has 0 atom stereocenters. The highest BCUT2D eigenvalue weighted by atomic mass is 16.1. The predicted octanol–water partition coefficient (Wildman–Crippen LogP) is 2.93. The molecule has 0 aliphatic carbocycles. The van der Waals surface area contributed by atoms with E-state index in [9.17, 15) is 9.59 Å². The van der Waals surface area contributed by atoms with Crippen LogP contribution in [-0.2, 0) is 4.79 Å². The van der Waals surface area contributed by atoms with Crippen molar-refractivity contribution in [1.29, 1.82) is 0 Å². The summed E-state index contributed by atoms with van der Waals surface area (Å²) >= 11 is 0. The van der Waals surface area contributed by atoms with Gasteiger partial charge >= 0.3 is 0 Å². The molecule has 5 nitrogen and oxygen atoms in total. The summed E-state index contributed by atoms with van der Waals surface area (Å²) in [5.41, 5.74) is 9.29. The number of nitrogens with two attached hydrogens (primary N) is 1. The molecular formula is C18H19N3O2. The summed E-state index contributed by atoms with van der Waals surface area (Å²) in [6.45, 7) is 3.90. The molecule has 2 N–H and O–H groups in total. The minimum atomic E-state index is 0.154. The first-order chi connectivity index (χ1) is 11.1. The Hall–Kier alpha value is -2.82. The second-order valence-corrected chi connectivity index (χ2v) is 5.23. The van der Waals surface area contributed by atoms with Crippen molar-refractivity contribution in [2.75, 3.05) is 0 Å². The number of hydrogen-bond acceptors (Lipinski definition) is 5. The van der Waals surface area contributed by atoms with E-state index in [-0.39, 0.29) is 5.78 Å². The lowest BCUT2D eigenvalue weighted by Gasteiger charge is -2.08. The van der Waals surface area contributed by atoms with Crippen molar-refractivity contribution in [3.63, 3.8) is 0 Å². The van der Waals surface area contributed by atoms with Gasteiger partial charge in [-0.05, 0) is 25.0 Å². The summed E-state index contributed by atoms with van der Waals surface area (Å²) < 4.78 is 0. The second-order valence-electron chi connectivity index (χ2n) is 5.23. The first kappa shape index (κ1) is 16.5. The number of nitrogens with zero attached hydrogens (tertiary/aromatic N) is 2. The van der Waals surface area contributed by atoms with Gasteiger partial charge in [0, 0.05) is 23.7 Å². The van der Waals surface area contributed by atoms with Crippen LogP contribution in [0.2, 0.25) is 0 Å². The number of aromatic nitrogens is 2. The zero-order valence-corrected chi connectivity index (χ0v) is 13.2. The van der Waals surface area contributed by atoms with Gasteiger partial charge < -0.3 is 5.73 Å². The third-order valence-corrected chi connectivity index (χ3v) is 3.55. The number of carbonyl (C=O) groups excluding carboxylic acids is 2. The third-order valence-electron chi connectivity index (χ3n) is 3.55. The quantitative estimate of drug-likeness (QED) is 0.503. The largest absolute Gasteiger partial charge is 0.404 e. The molecule has 0 radical (unpaired) electrons. The number of benzene rings is 1. The third kappa shape index (κ3) is 3.69. The molecule has 118 valence electrons. The van der Waals surface area contributed by atoms with Gasteiger partial charge in [-0.15, -0.1) is 0 Å². The van der Waals surface area contributed by atoms with Crippen LogP contribution in [-0.4, -0.2) is 22.0 Å². The second kappa shape index (κ2) is 7.45. The molecule has 0 saturated carbocycles. The van der Waals surface area contributed by atoms with Crippen molar-refractivity contribution in [2.24, 2.45) is 5.73 Å². The van der Waals surface area contributed by atoms with Crippen LogP contribution in [0, 0.1) is 6.92 Å². The zero-order valence-electron chi connectivity index (χ0n) is 13.2. The number of allylic oxidation sites excluding steroid dienone is 1. The number of ketones is 1. The van der Waals surface area contributed by atoms with Crippen LogP contribution in [0.1, 0.15) is 41.4 Å². The van der Waals surface area contributed by atoms with E-state index in [1.54, 1.807) is 6.20 Å². The van der Waals surface area contributed by atoms with E-state index < -0.39 is 0 Å². The fraction of sp³-hybridized carbons (Fsp3) is 0.222. The Morgan fingerprint density at radius 1 is 1.26 bits per heavy atom. The Morgan fingerprint density at radius 3 is 2.57 bits per heavy atom. The van der Waals surface area contributed by atoms with E-state index in [4.69, 9.17) is 5.73 Å². The standard InChI is InChI=1S/C18H19N3O2/c1-3-4-18(23)15-6-5-13(7-12(15)2)16-9-21-17(10-20-16)14(8-19)11-22/h5-11H,3-4,19H2,1-2H3/b14-8-. The maximum atomic E-state index is 12.0. The van der Waals surface area contributed by atoms with Gasteiger partial charge in [-0.25, -0.2) is 0 Å². The van der Waals surface area contributed by atoms with Crippen molar-refractivity contribution in [2.45, 2.75) is 26.7 Å². The highest BCUT2D eigenvalue weighted by molar-refractivity contribution is 6.05. The predicted molar refractivity (Wildman–Crippen MR) is 89.7 cm³/mol. The molecule has 2 aromatic rings. The van der Waals surface area contributed by atoms with Gasteiger partial charge in [-0.3, -0.25) is 19.6 Å². The van der Waals surface area contributed by atoms with Gasteiger partial charge in [0.1, 0.15) is 0 Å². The fourth-order valence-corrected chi connectivity index (χ4v) is 2.31. The van der Waals surface area contributed by atoms with Gasteiger partial charge in [-0.1, -0.05) is 19.1 Å². The average Bonchev–Trinajstić information content (AvgIpc) is 2.56. The molecule has 1 aromatic carbocycles. The molecular weight excluding hydrogens is 290 g/mol. The monoisotopic (exact) mass is 309 g/mol. The van der Waals surface area contributed by atoms with Crippen LogP contribution in [0.15, 0.2) is 36.8 Å². The summed E-state index contributed by atoms with van der Waals surface area (Å²) in [6.07, 6.45) is 6.32. The molecule has 0 saturated heterocycles. The normalized spacial score (nSPS) is 11.3. The highest BCUT2D eigenvalue weighted by Gasteiger charge is 2.10. The van der Waals surface area contributed by atoms with Gasteiger partial charge in [0.15, 0.2) is 12.1 Å². The number of aryl methyl sites for hydroxylation is 1. The minimum absolute atomic E-state index is 0.154. The Kier molecular flexibility index (Phi) is 5.36. The van der Waals surface area contributed by atoms with E-state index in [0.29, 0.717) is 29.7 Å². The molecule has 23 heavy (non-hydrogen) atoms. The van der Waals surface area contributed by atoms with E-state index >= 15 is 0 Å². The van der Waals surface area contributed by atoms with Crippen molar-refractivity contribution in [3.05, 3.63) is 53.6 Å². The highest BCUT2D eigenvalue weighted by Crippen LogP contribution is 2.22. The lowest BCUT2D eigenvalue weighted by molar-refractivity contribution is -0.103. The fourth-order valence-electron chi connectivity index (χ4n) is 2.31. The number of aldehydes is 1. The minimum Gasteiger partial charge on any atom is -0.404 e. The number of hydrogen-bond donors (Lipinski definition) is 1. The number of Topliss-reactive ketones (excluding diaryl/α,β-unsaturated/α-hetero) is 1. The molecule has 0 unspecified atom stereocenters. The Balaban J connectivity index is 2.31. The Bertz CT molecular complexity index is 749. The molecule has 0 aliphatic rings. The van der Waals surface area contributed by atoms with Crippen LogP contribution in [0.5, 0.6) is 0 Å². The van der Waals surface area contributed by atoms with Crippen LogP contribution in [0.4, 0.5) is 0 Å². The Labute approximate surface area is 135 Å². The zero-order chi connectivity index (χ0) is 16.8. The molecule has 2 rings (SSSR count). The van der Waals surface area contributed by atoms with Gasteiger partial charge in [0.2, 0.25) is 0 Å². The molecule has 5 heteroatoms.